The fourth-order valence-electron chi connectivity index (χ4n) is 3.27. The van der Waals surface area contributed by atoms with Gasteiger partial charge in [-0.05, 0) is 6.07 Å². The van der Waals surface area contributed by atoms with Crippen LogP contribution in [0.2, 0.25) is 0 Å². The molecule has 11 nitrogen and oxygen atoms in total. The molecule has 0 saturated carbocycles. The van der Waals surface area contributed by atoms with Gasteiger partial charge in [-0.25, -0.2) is 18.1 Å². The highest BCUT2D eigenvalue weighted by Crippen LogP contribution is 2.56. The van der Waals surface area contributed by atoms with E-state index in [4.69, 9.17) is 18.3 Å². The molecule has 3 N–H and O–H groups in total. The van der Waals surface area contributed by atoms with Crippen molar-refractivity contribution in [3.63, 3.8) is 0 Å². The van der Waals surface area contributed by atoms with E-state index in [-0.39, 0.29) is 12.4 Å². The Balaban J connectivity index is 1.58. The SMILES string of the molecule is O=c1ccn(C2OC(COP3(=O)OCc4ccccc4O3)(C(F)F)C(O)C2O)c(=O)[nH]1. The third-order valence-electron chi connectivity index (χ3n) is 4.96. The van der Waals surface area contributed by atoms with Gasteiger partial charge in [0.2, 0.25) is 0 Å². The molecule has 5 unspecified atom stereocenters. The Labute approximate surface area is 172 Å². The number of aliphatic hydroxyl groups is 2. The lowest BCUT2D eigenvalue weighted by Crippen LogP contribution is -2.52. The number of nitrogens with zero attached hydrogens (tertiary/aromatic N) is 1. The maximum Gasteiger partial charge on any atom is 0.530 e. The summed E-state index contributed by atoms with van der Waals surface area (Å²) in [6.07, 6.45) is -8.57. The normalized spacial score (nSPS) is 32.6. The molecule has 0 bridgehead atoms. The molecule has 0 aliphatic carbocycles. The van der Waals surface area contributed by atoms with E-state index in [0.29, 0.717) is 10.1 Å². The smallest absolute Gasteiger partial charge is 0.404 e. The first-order valence-corrected chi connectivity index (χ1v) is 10.4. The summed E-state index contributed by atoms with van der Waals surface area (Å²) < 4.78 is 61.8. The molecule has 1 aromatic heterocycles. The van der Waals surface area contributed by atoms with Crippen LogP contribution >= 0.6 is 7.82 Å². The molecule has 2 aliphatic rings. The number of aromatic amines is 1. The fraction of sp³-hybridized carbons (Fsp3) is 0.412. The van der Waals surface area contributed by atoms with Gasteiger partial charge < -0.3 is 19.5 Å². The zero-order chi connectivity index (χ0) is 22.4. The standard InChI is InChI=1S/C17H17F2N2O9P/c18-15(19)17(8-28-31(26)27-7-9-3-1-2-4-10(9)30-31)13(24)12(23)14(29-17)21-6-5-11(22)20-16(21)25/h1-6,12-15,23-24H,7-8H2,(H,20,22,25). The molecule has 168 valence electrons. The topological polar surface area (TPSA) is 149 Å². The van der Waals surface area contributed by atoms with E-state index in [1.54, 1.807) is 18.2 Å². The van der Waals surface area contributed by atoms with Gasteiger partial charge in [0.15, 0.2) is 11.8 Å². The van der Waals surface area contributed by atoms with Gasteiger partial charge in [0, 0.05) is 17.8 Å². The van der Waals surface area contributed by atoms with Crippen molar-refractivity contribution in [1.82, 2.24) is 9.55 Å². The minimum Gasteiger partial charge on any atom is -0.404 e. The highest BCUT2D eigenvalue weighted by atomic mass is 31.2. The number of phosphoric acid groups is 1. The van der Waals surface area contributed by atoms with Crippen LogP contribution < -0.4 is 15.8 Å². The summed E-state index contributed by atoms with van der Waals surface area (Å²) in [6.45, 7) is -1.37. The molecular weight excluding hydrogens is 445 g/mol. The first kappa shape index (κ1) is 21.8. The van der Waals surface area contributed by atoms with Crippen molar-refractivity contribution in [2.24, 2.45) is 0 Å². The molecule has 0 radical (unpaired) electrons. The summed E-state index contributed by atoms with van der Waals surface area (Å²) in [6, 6.07) is 7.33. The molecule has 4 rings (SSSR count). The molecule has 1 fully saturated rings. The van der Waals surface area contributed by atoms with E-state index in [9.17, 15) is 33.1 Å². The Morgan fingerprint density at radius 3 is 2.74 bits per heavy atom. The van der Waals surface area contributed by atoms with E-state index in [0.717, 1.165) is 12.3 Å². The summed E-state index contributed by atoms with van der Waals surface area (Å²) in [7, 11) is -4.36. The second kappa shape index (κ2) is 7.93. The molecule has 1 saturated heterocycles. The summed E-state index contributed by atoms with van der Waals surface area (Å²) in [5.74, 6) is 0.175. The van der Waals surface area contributed by atoms with Crippen LogP contribution in [0.25, 0.3) is 0 Å². The van der Waals surface area contributed by atoms with E-state index < -0.39 is 56.1 Å². The van der Waals surface area contributed by atoms with Crippen LogP contribution in [-0.2, 0) is 25.0 Å². The third-order valence-corrected chi connectivity index (χ3v) is 6.27. The Morgan fingerprint density at radius 1 is 1.29 bits per heavy atom. The Kier molecular flexibility index (Phi) is 5.58. The minimum absolute atomic E-state index is 0.170. The first-order valence-electron chi connectivity index (χ1n) is 8.95. The number of hydrogen-bond donors (Lipinski definition) is 3. The zero-order valence-corrected chi connectivity index (χ0v) is 16.5. The molecule has 0 spiro atoms. The Hall–Kier alpha value is -2.41. The zero-order valence-electron chi connectivity index (χ0n) is 15.6. The highest BCUT2D eigenvalue weighted by molar-refractivity contribution is 7.49. The lowest BCUT2D eigenvalue weighted by atomic mass is 9.96. The van der Waals surface area contributed by atoms with Crippen LogP contribution in [0.4, 0.5) is 8.78 Å². The van der Waals surface area contributed by atoms with Gasteiger partial charge in [-0.2, -0.15) is 0 Å². The third kappa shape index (κ3) is 3.84. The van der Waals surface area contributed by atoms with Gasteiger partial charge >= 0.3 is 13.5 Å². The van der Waals surface area contributed by atoms with Gasteiger partial charge in [0.1, 0.15) is 18.0 Å². The molecular formula is C17H17F2N2O9P. The molecule has 2 aliphatic heterocycles. The predicted octanol–water partition coefficient (Wildman–Crippen LogP) is 0.525. The number of hydrogen-bond acceptors (Lipinski definition) is 9. The van der Waals surface area contributed by atoms with Crippen molar-refractivity contribution >= 4 is 7.82 Å². The number of nitrogens with one attached hydrogen (secondary N) is 1. The largest absolute Gasteiger partial charge is 0.530 e. The summed E-state index contributed by atoms with van der Waals surface area (Å²) in [5, 5.41) is 20.6. The lowest BCUT2D eigenvalue weighted by molar-refractivity contribution is -0.194. The van der Waals surface area contributed by atoms with Crippen molar-refractivity contribution in [2.75, 3.05) is 6.61 Å². The number of para-hydroxylation sites is 1. The highest BCUT2D eigenvalue weighted by Gasteiger charge is 2.61. The summed E-state index contributed by atoms with van der Waals surface area (Å²) in [4.78, 5) is 25.1. The van der Waals surface area contributed by atoms with E-state index >= 15 is 0 Å². The van der Waals surface area contributed by atoms with Crippen molar-refractivity contribution in [2.45, 2.75) is 37.1 Å². The number of rotatable bonds is 5. The summed E-state index contributed by atoms with van der Waals surface area (Å²) in [5.41, 5.74) is -4.13. The molecule has 0 amide bonds. The van der Waals surface area contributed by atoms with Gasteiger partial charge in [0.05, 0.1) is 13.2 Å². The number of halogens is 2. The second-order valence-corrected chi connectivity index (χ2v) is 8.50. The molecule has 2 aromatic rings. The average molecular weight is 462 g/mol. The number of aromatic nitrogens is 2. The number of benzene rings is 1. The Bertz CT molecular complexity index is 1140. The molecule has 5 atom stereocenters. The van der Waals surface area contributed by atoms with Gasteiger partial charge in [-0.1, -0.05) is 18.2 Å². The van der Waals surface area contributed by atoms with Crippen molar-refractivity contribution in [3.05, 3.63) is 62.9 Å². The van der Waals surface area contributed by atoms with Crippen LogP contribution in [0.5, 0.6) is 5.75 Å². The number of H-pyrrole nitrogens is 1. The molecule has 31 heavy (non-hydrogen) atoms. The number of phosphoric ester groups is 1. The molecule has 14 heteroatoms. The summed E-state index contributed by atoms with van der Waals surface area (Å²) >= 11 is 0. The van der Waals surface area contributed by atoms with Crippen molar-refractivity contribution < 1.29 is 41.9 Å². The van der Waals surface area contributed by atoms with Crippen LogP contribution in [0.15, 0.2) is 46.1 Å². The van der Waals surface area contributed by atoms with Gasteiger partial charge in [0.25, 0.3) is 12.0 Å². The van der Waals surface area contributed by atoms with E-state index in [2.05, 4.69) is 0 Å². The second-order valence-electron chi connectivity index (χ2n) is 6.91. The van der Waals surface area contributed by atoms with Gasteiger partial charge in [-0.3, -0.25) is 23.4 Å². The fourth-order valence-corrected chi connectivity index (χ4v) is 4.53. The predicted molar refractivity (Wildman–Crippen MR) is 97.6 cm³/mol. The van der Waals surface area contributed by atoms with Crippen molar-refractivity contribution in [1.29, 1.82) is 0 Å². The number of aliphatic hydroxyl groups excluding tert-OH is 2. The monoisotopic (exact) mass is 462 g/mol. The maximum absolute atomic E-state index is 14.0. The maximum atomic E-state index is 14.0. The quantitative estimate of drug-likeness (QED) is 0.541. The van der Waals surface area contributed by atoms with E-state index in [1.165, 1.54) is 6.07 Å². The van der Waals surface area contributed by atoms with Crippen LogP contribution in [0.3, 0.4) is 0 Å². The average Bonchev–Trinajstić information content (AvgIpc) is 2.98. The van der Waals surface area contributed by atoms with Crippen LogP contribution in [0, 0.1) is 0 Å². The van der Waals surface area contributed by atoms with Gasteiger partial charge in [-0.15, -0.1) is 0 Å². The molecule has 1 aromatic carbocycles. The number of fused-ring (bicyclic) bond motifs is 1. The van der Waals surface area contributed by atoms with Crippen LogP contribution in [-0.4, -0.2) is 50.6 Å². The minimum atomic E-state index is -4.36. The Morgan fingerprint density at radius 2 is 2.03 bits per heavy atom. The lowest BCUT2D eigenvalue weighted by Gasteiger charge is -2.32. The van der Waals surface area contributed by atoms with E-state index in [1.807, 2.05) is 4.98 Å². The van der Waals surface area contributed by atoms with Crippen LogP contribution in [0.1, 0.15) is 11.8 Å². The molecule has 3 heterocycles. The number of alkyl halides is 2. The number of ether oxygens (including phenoxy) is 1. The van der Waals surface area contributed by atoms with Crippen molar-refractivity contribution in [3.8, 4) is 5.75 Å². The first-order chi connectivity index (χ1) is 14.7.